The van der Waals surface area contributed by atoms with Crippen LogP contribution in [0, 0.1) is 0 Å². The molecule has 0 amide bonds. The van der Waals surface area contributed by atoms with Gasteiger partial charge in [-0.1, -0.05) is 150 Å². The fourth-order valence-corrected chi connectivity index (χ4v) is 5.83. The van der Waals surface area contributed by atoms with Crippen LogP contribution >= 0.6 is 7.82 Å². The Labute approximate surface area is 349 Å². The molecule has 4 N–H and O–H groups in total. The number of unbranched alkanes of at least 4 members (excludes halogenated alkanes) is 11. The van der Waals surface area contributed by atoms with E-state index in [-0.39, 0.29) is 19.4 Å². The van der Waals surface area contributed by atoms with Crippen LogP contribution < -0.4 is 5.73 Å². The summed E-state index contributed by atoms with van der Waals surface area (Å²) in [4.78, 5) is 45.9. The van der Waals surface area contributed by atoms with Gasteiger partial charge in [0.05, 0.1) is 13.2 Å². The van der Waals surface area contributed by atoms with E-state index in [0.29, 0.717) is 12.8 Å². The number of allylic oxidation sites excluding steroid dienone is 16. The van der Waals surface area contributed by atoms with Crippen LogP contribution in [0.25, 0.3) is 0 Å². The zero-order chi connectivity index (χ0) is 42.8. The molecule has 0 aliphatic carbocycles. The highest BCUT2D eigenvalue weighted by atomic mass is 31.2. The maximum atomic E-state index is 12.6. The molecule has 0 aliphatic rings. The number of carboxylic acids is 1. The second kappa shape index (κ2) is 40.2. The minimum atomic E-state index is -4.74. The lowest BCUT2D eigenvalue weighted by molar-refractivity contribution is -0.161. The van der Waals surface area contributed by atoms with Crippen molar-refractivity contribution in [1.29, 1.82) is 0 Å². The van der Waals surface area contributed by atoms with Crippen molar-refractivity contribution in [2.24, 2.45) is 5.73 Å². The van der Waals surface area contributed by atoms with Crippen molar-refractivity contribution in [2.45, 2.75) is 154 Å². The number of carboxylic acid groups (broad SMARTS) is 1. The van der Waals surface area contributed by atoms with Gasteiger partial charge < -0.3 is 25.2 Å². The van der Waals surface area contributed by atoms with Gasteiger partial charge in [-0.3, -0.25) is 23.4 Å². The fourth-order valence-electron chi connectivity index (χ4n) is 5.06. The Hall–Kier alpha value is -3.60. The van der Waals surface area contributed by atoms with Crippen LogP contribution in [0.15, 0.2) is 97.2 Å². The molecule has 11 nitrogen and oxygen atoms in total. The highest BCUT2D eigenvalue weighted by molar-refractivity contribution is 7.47. The van der Waals surface area contributed by atoms with Gasteiger partial charge in [0.25, 0.3) is 0 Å². The zero-order valence-electron chi connectivity index (χ0n) is 35.3. The lowest BCUT2D eigenvalue weighted by Gasteiger charge is -2.20. The SMILES string of the molecule is CC/C=C/C=C/C=C/C=C/CCCCCCCC(=O)OC[C@H](COP(=O)(O)OC[C@H](N)C(=O)O)OC(=O)CCCCC/C=C/C/C=C/C/C=C/C/C=C/CCCCC. The summed E-state index contributed by atoms with van der Waals surface area (Å²) in [5.74, 6) is -2.47. The quantitative estimate of drug-likeness (QED) is 0.0178. The molecule has 0 saturated carbocycles. The summed E-state index contributed by atoms with van der Waals surface area (Å²) in [5, 5.41) is 8.89. The highest BCUT2D eigenvalue weighted by Gasteiger charge is 2.28. The molecule has 12 heteroatoms. The van der Waals surface area contributed by atoms with Gasteiger partial charge >= 0.3 is 25.7 Å². The third kappa shape index (κ3) is 39.2. The number of phosphoric ester groups is 1. The van der Waals surface area contributed by atoms with Crippen LogP contribution in [0.4, 0.5) is 0 Å². The first kappa shape index (κ1) is 54.4. The predicted molar refractivity (Wildman–Crippen MR) is 235 cm³/mol. The molecule has 0 aliphatic heterocycles. The Bertz CT molecular complexity index is 1350. The summed E-state index contributed by atoms with van der Waals surface area (Å²) in [6.07, 6.45) is 50.4. The van der Waals surface area contributed by atoms with Gasteiger partial charge in [0, 0.05) is 12.8 Å². The summed E-state index contributed by atoms with van der Waals surface area (Å²) in [6, 6.07) is -1.54. The number of aliphatic carboxylic acids is 1. The Kier molecular flexibility index (Phi) is 37.7. The lowest BCUT2D eigenvalue weighted by Crippen LogP contribution is -2.34. The first-order chi connectivity index (χ1) is 28.1. The average molecular weight is 832 g/mol. The minimum absolute atomic E-state index is 0.112. The molecule has 3 atom stereocenters. The van der Waals surface area contributed by atoms with Crippen LogP contribution in [-0.2, 0) is 37.5 Å². The molecule has 0 radical (unpaired) electrons. The largest absolute Gasteiger partial charge is 0.480 e. The van der Waals surface area contributed by atoms with Gasteiger partial charge in [-0.05, 0) is 77.0 Å². The van der Waals surface area contributed by atoms with E-state index >= 15 is 0 Å². The van der Waals surface area contributed by atoms with E-state index < -0.39 is 51.1 Å². The molecule has 0 rings (SSSR count). The molecule has 0 aromatic rings. The Morgan fingerprint density at radius 1 is 0.569 bits per heavy atom. The molecule has 0 spiro atoms. The van der Waals surface area contributed by atoms with E-state index in [9.17, 15) is 23.8 Å². The van der Waals surface area contributed by atoms with Crippen molar-refractivity contribution in [3.63, 3.8) is 0 Å². The van der Waals surface area contributed by atoms with Gasteiger partial charge in [-0.25, -0.2) is 4.57 Å². The topological polar surface area (TPSA) is 172 Å². The van der Waals surface area contributed by atoms with E-state index in [4.69, 9.17) is 24.8 Å². The van der Waals surface area contributed by atoms with Gasteiger partial charge in [-0.15, -0.1) is 0 Å². The van der Waals surface area contributed by atoms with Crippen molar-refractivity contribution < 1.29 is 47.5 Å². The highest BCUT2D eigenvalue weighted by Crippen LogP contribution is 2.43. The normalized spacial score (nSPS) is 14.7. The predicted octanol–water partition coefficient (Wildman–Crippen LogP) is 11.3. The van der Waals surface area contributed by atoms with Gasteiger partial charge in [0.1, 0.15) is 12.6 Å². The maximum Gasteiger partial charge on any atom is 0.472 e. The number of carbonyl (C=O) groups excluding carboxylic acids is 2. The number of nitrogens with two attached hydrogens (primary N) is 1. The molecule has 0 aromatic carbocycles. The standard InChI is InChI=1S/C46H74NO10P/c1-3-5-7-9-11-13-15-17-19-20-21-22-24-26-28-30-32-34-36-38-45(49)57-42(40-55-58(52,53)56-41-43(47)46(50)51)39-54-44(48)37-35-33-31-29-27-25-23-18-16-14-12-10-8-6-4-2/h6,8,10-14,16-19,21-23,26,28,42-43H,3-5,7,9,15,20,24-25,27,29-41,47H2,1-2H3,(H,50,51)(H,52,53)/b8-6+,12-10+,13-11+,16-14+,19-17+,22-21+,23-18+,28-26+/t42-,43+/m1/s1. The van der Waals surface area contributed by atoms with Crippen LogP contribution in [0.5, 0.6) is 0 Å². The monoisotopic (exact) mass is 832 g/mol. The lowest BCUT2D eigenvalue weighted by atomic mass is 10.1. The molecule has 0 aromatic heterocycles. The third-order valence-electron chi connectivity index (χ3n) is 8.41. The molecule has 58 heavy (non-hydrogen) atoms. The number of hydrogen-bond donors (Lipinski definition) is 3. The molecule has 328 valence electrons. The second-order valence-electron chi connectivity index (χ2n) is 13.8. The first-order valence-corrected chi connectivity index (χ1v) is 22.8. The molecule has 1 unspecified atom stereocenters. The van der Waals surface area contributed by atoms with E-state index in [1.165, 1.54) is 25.7 Å². The minimum Gasteiger partial charge on any atom is -0.480 e. The third-order valence-corrected chi connectivity index (χ3v) is 9.36. The molecule has 0 saturated heterocycles. The molecular weight excluding hydrogens is 757 g/mol. The summed E-state index contributed by atoms with van der Waals surface area (Å²) in [5.41, 5.74) is 5.33. The van der Waals surface area contributed by atoms with Crippen molar-refractivity contribution >= 4 is 25.7 Å². The molecule has 0 fully saturated rings. The fraction of sp³-hybridized carbons (Fsp3) is 0.587. The van der Waals surface area contributed by atoms with Crippen molar-refractivity contribution in [2.75, 3.05) is 19.8 Å². The average Bonchev–Trinajstić information content (AvgIpc) is 3.20. The van der Waals surface area contributed by atoms with Crippen LogP contribution in [0.2, 0.25) is 0 Å². The summed E-state index contributed by atoms with van der Waals surface area (Å²) < 4.78 is 32.6. The summed E-state index contributed by atoms with van der Waals surface area (Å²) in [7, 11) is -4.74. The Morgan fingerprint density at radius 3 is 1.62 bits per heavy atom. The van der Waals surface area contributed by atoms with Crippen LogP contribution in [0.3, 0.4) is 0 Å². The molecular formula is C46H74NO10P. The number of rotatable bonds is 38. The van der Waals surface area contributed by atoms with E-state index in [0.717, 1.165) is 77.0 Å². The van der Waals surface area contributed by atoms with E-state index in [1.54, 1.807) is 0 Å². The Balaban J connectivity index is 4.51. The summed E-state index contributed by atoms with van der Waals surface area (Å²) in [6.45, 7) is 2.55. The smallest absolute Gasteiger partial charge is 0.472 e. The van der Waals surface area contributed by atoms with Crippen molar-refractivity contribution in [1.82, 2.24) is 0 Å². The molecule has 0 heterocycles. The maximum absolute atomic E-state index is 12.6. The van der Waals surface area contributed by atoms with Crippen molar-refractivity contribution in [3.8, 4) is 0 Å². The van der Waals surface area contributed by atoms with Gasteiger partial charge in [-0.2, -0.15) is 0 Å². The zero-order valence-corrected chi connectivity index (χ0v) is 36.2. The van der Waals surface area contributed by atoms with E-state index in [1.807, 2.05) is 36.5 Å². The molecule has 0 bridgehead atoms. The van der Waals surface area contributed by atoms with E-state index in [2.05, 4.69) is 79.1 Å². The number of esters is 2. The van der Waals surface area contributed by atoms with Gasteiger partial charge in [0.2, 0.25) is 0 Å². The van der Waals surface area contributed by atoms with Crippen LogP contribution in [0.1, 0.15) is 142 Å². The number of phosphoric acid groups is 1. The number of ether oxygens (including phenoxy) is 2. The first-order valence-electron chi connectivity index (χ1n) is 21.3. The van der Waals surface area contributed by atoms with Gasteiger partial charge in [0.15, 0.2) is 6.10 Å². The number of carbonyl (C=O) groups is 3. The Morgan fingerprint density at radius 2 is 1.03 bits per heavy atom. The van der Waals surface area contributed by atoms with Crippen LogP contribution in [-0.4, -0.2) is 59.9 Å². The van der Waals surface area contributed by atoms with Crippen molar-refractivity contribution in [3.05, 3.63) is 97.2 Å². The second-order valence-corrected chi connectivity index (χ2v) is 15.3. The number of hydrogen-bond acceptors (Lipinski definition) is 9. The summed E-state index contributed by atoms with van der Waals surface area (Å²) >= 11 is 0.